The zero-order valence-electron chi connectivity index (χ0n) is 10.6. The normalized spacial score (nSPS) is 11.3. The molecule has 0 saturated carbocycles. The lowest BCUT2D eigenvalue weighted by molar-refractivity contribution is -0.137. The van der Waals surface area contributed by atoms with E-state index in [9.17, 15) is 4.79 Å². The molecule has 17 heavy (non-hydrogen) atoms. The molecule has 1 amide bonds. The summed E-state index contributed by atoms with van der Waals surface area (Å²) in [6, 6.07) is 5.80. The number of hydrogen-bond donors (Lipinski definition) is 0. The second-order valence-electron chi connectivity index (χ2n) is 4.82. The molecule has 4 heteroatoms. The van der Waals surface area contributed by atoms with Gasteiger partial charge in [-0.25, -0.2) is 0 Å². The van der Waals surface area contributed by atoms with E-state index >= 15 is 0 Å². The molecule has 0 aromatic carbocycles. The van der Waals surface area contributed by atoms with E-state index in [1.807, 2.05) is 32.0 Å². The van der Waals surface area contributed by atoms with Crippen LogP contribution in [0.2, 0.25) is 0 Å². The zero-order valence-corrected chi connectivity index (χ0v) is 11.4. The van der Waals surface area contributed by atoms with Crippen LogP contribution in [0.5, 0.6) is 0 Å². The Kier molecular flexibility index (Phi) is 4.94. The summed E-state index contributed by atoms with van der Waals surface area (Å²) in [4.78, 5) is 18.0. The topological polar surface area (TPSA) is 33.2 Å². The summed E-state index contributed by atoms with van der Waals surface area (Å²) in [7, 11) is 1.81. The van der Waals surface area contributed by atoms with Crippen LogP contribution in [0.15, 0.2) is 24.4 Å². The Hall–Kier alpha value is -1.09. The number of amides is 1. The lowest BCUT2D eigenvalue weighted by atomic mass is 9.94. The minimum Gasteiger partial charge on any atom is -0.345 e. The summed E-state index contributed by atoms with van der Waals surface area (Å²) in [6.07, 6.45) is 2.53. The molecular formula is C13H19ClN2O. The lowest BCUT2D eigenvalue weighted by Crippen LogP contribution is -2.40. The number of alkyl halides is 1. The molecule has 1 aromatic rings. The number of halogens is 1. The van der Waals surface area contributed by atoms with Crippen LogP contribution in [-0.2, 0) is 11.2 Å². The number of aromatic nitrogens is 1. The molecule has 0 unspecified atom stereocenters. The molecule has 0 bridgehead atoms. The van der Waals surface area contributed by atoms with Crippen molar-refractivity contribution in [1.29, 1.82) is 0 Å². The molecule has 3 nitrogen and oxygen atoms in total. The first-order valence-electron chi connectivity index (χ1n) is 5.69. The molecule has 0 radical (unpaired) electrons. The highest BCUT2D eigenvalue weighted by Gasteiger charge is 2.29. The van der Waals surface area contributed by atoms with Gasteiger partial charge < -0.3 is 4.90 Å². The highest BCUT2D eigenvalue weighted by Crippen LogP contribution is 2.19. The van der Waals surface area contributed by atoms with E-state index in [4.69, 9.17) is 11.6 Å². The van der Waals surface area contributed by atoms with Gasteiger partial charge in [-0.05, 0) is 26.0 Å². The summed E-state index contributed by atoms with van der Waals surface area (Å²) in [5, 5.41) is 0. The highest BCUT2D eigenvalue weighted by molar-refractivity contribution is 6.19. The first kappa shape index (κ1) is 14.0. The molecule has 1 aromatic heterocycles. The average molecular weight is 255 g/mol. The molecule has 0 aliphatic heterocycles. The first-order chi connectivity index (χ1) is 7.97. The fourth-order valence-electron chi connectivity index (χ4n) is 1.50. The fourth-order valence-corrected chi connectivity index (χ4v) is 1.62. The van der Waals surface area contributed by atoms with Gasteiger partial charge in [-0.1, -0.05) is 6.07 Å². The number of carbonyl (C=O) groups excluding carboxylic acids is 1. The van der Waals surface area contributed by atoms with Crippen molar-refractivity contribution >= 4 is 17.5 Å². The third-order valence-electron chi connectivity index (χ3n) is 2.69. The van der Waals surface area contributed by atoms with Crippen molar-refractivity contribution < 1.29 is 4.79 Å². The second kappa shape index (κ2) is 6.01. The van der Waals surface area contributed by atoms with Gasteiger partial charge in [0, 0.05) is 37.8 Å². The highest BCUT2D eigenvalue weighted by atomic mass is 35.5. The first-order valence-corrected chi connectivity index (χ1v) is 6.22. The Morgan fingerprint density at radius 2 is 2.18 bits per heavy atom. The number of carbonyl (C=O) groups is 1. The van der Waals surface area contributed by atoms with Crippen molar-refractivity contribution in [2.45, 2.75) is 20.3 Å². The third kappa shape index (κ3) is 4.00. The van der Waals surface area contributed by atoms with Crippen molar-refractivity contribution in [3.8, 4) is 0 Å². The summed E-state index contributed by atoms with van der Waals surface area (Å²) in [6.45, 7) is 4.38. The quantitative estimate of drug-likeness (QED) is 0.756. The van der Waals surface area contributed by atoms with Gasteiger partial charge in [-0.3, -0.25) is 9.78 Å². The van der Waals surface area contributed by atoms with Gasteiger partial charge in [-0.15, -0.1) is 11.6 Å². The number of nitrogens with zero attached hydrogens (tertiary/aromatic N) is 2. The standard InChI is InChI=1S/C13H19ClN2O/c1-13(2,10-14)12(17)16(3)9-7-11-6-4-5-8-15-11/h4-6,8H,7,9-10H2,1-3H3. The third-order valence-corrected chi connectivity index (χ3v) is 3.36. The van der Waals surface area contributed by atoms with Crippen LogP contribution in [0.1, 0.15) is 19.5 Å². The Morgan fingerprint density at radius 1 is 1.47 bits per heavy atom. The van der Waals surface area contributed by atoms with Crippen LogP contribution < -0.4 is 0 Å². The van der Waals surface area contributed by atoms with Crippen molar-refractivity contribution in [1.82, 2.24) is 9.88 Å². The van der Waals surface area contributed by atoms with E-state index in [2.05, 4.69) is 4.98 Å². The van der Waals surface area contributed by atoms with E-state index in [0.29, 0.717) is 12.4 Å². The van der Waals surface area contributed by atoms with Gasteiger partial charge in [0.05, 0.1) is 5.41 Å². The van der Waals surface area contributed by atoms with Gasteiger partial charge in [-0.2, -0.15) is 0 Å². The van der Waals surface area contributed by atoms with Crippen LogP contribution in [0.3, 0.4) is 0 Å². The Labute approximate surface area is 108 Å². The SMILES string of the molecule is CN(CCc1ccccn1)C(=O)C(C)(C)CCl. The number of hydrogen-bond acceptors (Lipinski definition) is 2. The Balaban J connectivity index is 2.50. The molecule has 0 atom stereocenters. The average Bonchev–Trinajstić information content (AvgIpc) is 2.36. The maximum atomic E-state index is 12.0. The Morgan fingerprint density at radius 3 is 2.71 bits per heavy atom. The van der Waals surface area contributed by atoms with Gasteiger partial charge in [0.1, 0.15) is 0 Å². The van der Waals surface area contributed by atoms with Gasteiger partial charge in [0.15, 0.2) is 0 Å². The molecule has 1 heterocycles. The minimum absolute atomic E-state index is 0.0726. The predicted molar refractivity (Wildman–Crippen MR) is 70.1 cm³/mol. The summed E-state index contributed by atoms with van der Waals surface area (Å²) in [5.74, 6) is 0.406. The van der Waals surface area contributed by atoms with Crippen LogP contribution in [0.25, 0.3) is 0 Å². The smallest absolute Gasteiger partial charge is 0.229 e. The van der Waals surface area contributed by atoms with Crippen LogP contribution >= 0.6 is 11.6 Å². The fraction of sp³-hybridized carbons (Fsp3) is 0.538. The largest absolute Gasteiger partial charge is 0.345 e. The molecule has 0 aliphatic rings. The lowest BCUT2D eigenvalue weighted by Gasteiger charge is -2.27. The molecule has 1 rings (SSSR count). The molecule has 0 fully saturated rings. The maximum absolute atomic E-state index is 12.0. The van der Waals surface area contributed by atoms with Crippen molar-refractivity contribution in [3.05, 3.63) is 30.1 Å². The number of likely N-dealkylation sites (N-methyl/N-ethyl adjacent to an activating group) is 1. The van der Waals surface area contributed by atoms with E-state index < -0.39 is 5.41 Å². The van der Waals surface area contributed by atoms with Crippen LogP contribution in [-0.4, -0.2) is 35.3 Å². The van der Waals surface area contributed by atoms with E-state index in [1.54, 1.807) is 18.1 Å². The van der Waals surface area contributed by atoms with Crippen molar-refractivity contribution in [2.24, 2.45) is 5.41 Å². The predicted octanol–water partition coefficient (Wildman–Crippen LogP) is 2.35. The maximum Gasteiger partial charge on any atom is 0.229 e. The summed E-state index contributed by atoms with van der Waals surface area (Å²) in [5.41, 5.74) is 0.497. The van der Waals surface area contributed by atoms with Crippen LogP contribution in [0.4, 0.5) is 0 Å². The molecule has 0 spiro atoms. The zero-order chi connectivity index (χ0) is 12.9. The Bertz CT molecular complexity index is 365. The molecule has 0 saturated heterocycles. The molecule has 0 N–H and O–H groups in total. The van der Waals surface area contributed by atoms with Crippen LogP contribution in [0, 0.1) is 5.41 Å². The minimum atomic E-state index is -0.500. The van der Waals surface area contributed by atoms with E-state index in [0.717, 1.165) is 12.1 Å². The number of rotatable bonds is 5. The summed E-state index contributed by atoms with van der Waals surface area (Å²) < 4.78 is 0. The van der Waals surface area contributed by atoms with Gasteiger partial charge in [0.25, 0.3) is 0 Å². The summed E-state index contributed by atoms with van der Waals surface area (Å²) >= 11 is 5.79. The van der Waals surface area contributed by atoms with Gasteiger partial charge >= 0.3 is 0 Å². The monoisotopic (exact) mass is 254 g/mol. The number of pyridine rings is 1. The van der Waals surface area contributed by atoms with E-state index in [-0.39, 0.29) is 5.91 Å². The van der Waals surface area contributed by atoms with Gasteiger partial charge in [0.2, 0.25) is 5.91 Å². The molecule has 94 valence electrons. The molecular weight excluding hydrogens is 236 g/mol. The second-order valence-corrected chi connectivity index (χ2v) is 5.08. The van der Waals surface area contributed by atoms with E-state index in [1.165, 1.54) is 0 Å². The van der Waals surface area contributed by atoms with Crippen molar-refractivity contribution in [2.75, 3.05) is 19.5 Å². The van der Waals surface area contributed by atoms with Crippen molar-refractivity contribution in [3.63, 3.8) is 0 Å². The molecule has 0 aliphatic carbocycles.